The van der Waals surface area contributed by atoms with Gasteiger partial charge in [-0.1, -0.05) is 0 Å². The molecule has 3 heterocycles. The van der Waals surface area contributed by atoms with Gasteiger partial charge in [0.15, 0.2) is 0 Å². The highest BCUT2D eigenvalue weighted by Crippen LogP contribution is 2.21. The fraction of sp³-hybridized carbons (Fsp3) is 0.312. The Bertz CT molecular complexity index is 941. The van der Waals surface area contributed by atoms with Crippen molar-refractivity contribution in [3.63, 3.8) is 0 Å². The van der Waals surface area contributed by atoms with E-state index in [-0.39, 0.29) is 11.6 Å². The van der Waals surface area contributed by atoms with Crippen LogP contribution in [0, 0.1) is 6.92 Å². The number of nitrogens with zero attached hydrogens (tertiary/aromatic N) is 7. The van der Waals surface area contributed by atoms with Crippen LogP contribution in [0.1, 0.15) is 18.3 Å². The highest BCUT2D eigenvalue weighted by molar-refractivity contribution is 5.77. The number of hydrogen-bond acceptors (Lipinski definition) is 6. The van der Waals surface area contributed by atoms with E-state index in [9.17, 15) is 13.2 Å². The van der Waals surface area contributed by atoms with Gasteiger partial charge < -0.3 is 0 Å². The van der Waals surface area contributed by atoms with Crippen LogP contribution in [-0.2, 0) is 13.1 Å². The molecule has 3 aromatic heterocycles. The van der Waals surface area contributed by atoms with E-state index in [1.807, 2.05) is 24.7 Å². The maximum atomic E-state index is 12.3. The molecule has 0 aliphatic rings. The smallest absolute Gasteiger partial charge is 0.272 e. The monoisotopic (exact) mass is 378 g/mol. The Morgan fingerprint density at radius 3 is 2.74 bits per heavy atom. The topological polar surface area (TPSA) is 85.8 Å². The zero-order valence-corrected chi connectivity index (χ0v) is 14.6. The largest absolute Gasteiger partial charge is 0.408 e. The summed E-state index contributed by atoms with van der Waals surface area (Å²) in [7, 11) is 0. The fourth-order valence-corrected chi connectivity index (χ4v) is 2.37. The molecule has 27 heavy (non-hydrogen) atoms. The molecule has 142 valence electrons. The molecule has 0 saturated heterocycles. The molecule has 0 saturated carbocycles. The number of hydrazone groups is 1. The Morgan fingerprint density at radius 1 is 1.22 bits per heavy atom. The Labute approximate surface area is 152 Å². The summed E-state index contributed by atoms with van der Waals surface area (Å²) in [4.78, 5) is 8.44. The molecular formula is C16H17F3N8. The average molecular weight is 378 g/mol. The Hall–Kier alpha value is -3.24. The average Bonchev–Trinajstić information content (AvgIpc) is 3.20. The minimum absolute atomic E-state index is 0.252. The van der Waals surface area contributed by atoms with Gasteiger partial charge in [-0.15, -0.1) is 0 Å². The first-order chi connectivity index (χ1) is 12.8. The first kappa shape index (κ1) is 18.5. The van der Waals surface area contributed by atoms with Crippen LogP contribution in [0.3, 0.4) is 0 Å². The lowest BCUT2D eigenvalue weighted by Crippen LogP contribution is -2.18. The third-order valence-corrected chi connectivity index (χ3v) is 3.57. The third-order valence-electron chi connectivity index (χ3n) is 3.57. The maximum absolute atomic E-state index is 12.3. The van der Waals surface area contributed by atoms with E-state index < -0.39 is 12.7 Å². The molecule has 0 unspecified atom stereocenters. The van der Waals surface area contributed by atoms with E-state index in [1.54, 1.807) is 12.3 Å². The molecule has 0 bridgehead atoms. The lowest BCUT2D eigenvalue weighted by Gasteiger charge is -2.04. The summed E-state index contributed by atoms with van der Waals surface area (Å²) in [5.41, 5.74) is 5.35. The number of rotatable bonds is 6. The molecule has 8 nitrogen and oxygen atoms in total. The molecule has 0 aliphatic heterocycles. The van der Waals surface area contributed by atoms with E-state index in [0.717, 1.165) is 22.5 Å². The van der Waals surface area contributed by atoms with E-state index in [2.05, 4.69) is 30.7 Å². The van der Waals surface area contributed by atoms with Crippen LogP contribution >= 0.6 is 0 Å². The van der Waals surface area contributed by atoms with Gasteiger partial charge in [0.05, 0.1) is 17.6 Å². The number of halogens is 3. The van der Waals surface area contributed by atoms with Gasteiger partial charge in [0.25, 0.3) is 0 Å². The molecule has 11 heteroatoms. The standard InChI is InChI=1S/C16H17F3N8/c1-3-26-9-13(11(2)24-26)14-4-6-20-15(22-14)23-21-8-12-5-7-27(25-12)10-16(17,18)19/h4-9H,3,10H2,1-2H3,(H,20,22,23)/b21-8-. The van der Waals surface area contributed by atoms with Crippen LogP contribution in [0.25, 0.3) is 11.3 Å². The molecule has 3 aromatic rings. The van der Waals surface area contributed by atoms with Crippen LogP contribution in [-0.4, -0.2) is 41.9 Å². The molecule has 0 amide bonds. The Morgan fingerprint density at radius 2 is 2.04 bits per heavy atom. The number of nitrogens with one attached hydrogen (secondary N) is 1. The van der Waals surface area contributed by atoms with Crippen molar-refractivity contribution in [1.82, 2.24) is 29.5 Å². The molecule has 1 N–H and O–H groups in total. The first-order valence-electron chi connectivity index (χ1n) is 8.11. The number of hydrogen-bond donors (Lipinski definition) is 1. The zero-order chi connectivity index (χ0) is 19.4. The summed E-state index contributed by atoms with van der Waals surface area (Å²) in [6, 6.07) is 3.19. The summed E-state index contributed by atoms with van der Waals surface area (Å²) < 4.78 is 39.6. The second-order valence-electron chi connectivity index (χ2n) is 5.67. The summed E-state index contributed by atoms with van der Waals surface area (Å²) >= 11 is 0. The third kappa shape index (κ3) is 4.90. The van der Waals surface area contributed by atoms with E-state index in [4.69, 9.17) is 0 Å². The highest BCUT2D eigenvalue weighted by atomic mass is 19.4. The zero-order valence-electron chi connectivity index (χ0n) is 14.6. The molecule has 3 rings (SSSR count). The van der Waals surface area contributed by atoms with Crippen LogP contribution in [0.4, 0.5) is 19.1 Å². The van der Waals surface area contributed by atoms with Gasteiger partial charge in [-0.25, -0.2) is 15.4 Å². The lowest BCUT2D eigenvalue weighted by molar-refractivity contribution is -0.142. The van der Waals surface area contributed by atoms with Crippen molar-refractivity contribution in [3.05, 3.63) is 42.1 Å². The summed E-state index contributed by atoms with van der Waals surface area (Å²) in [6.07, 6.45) is 1.69. The molecule has 0 atom stereocenters. The van der Waals surface area contributed by atoms with Gasteiger partial charge in [-0.3, -0.25) is 9.36 Å². The number of aromatic nitrogens is 6. The fourth-order valence-electron chi connectivity index (χ4n) is 2.37. The summed E-state index contributed by atoms with van der Waals surface area (Å²) in [6.45, 7) is 3.49. The van der Waals surface area contributed by atoms with Gasteiger partial charge in [-0.05, 0) is 26.0 Å². The van der Waals surface area contributed by atoms with Crippen molar-refractivity contribution in [2.75, 3.05) is 5.43 Å². The van der Waals surface area contributed by atoms with Crippen LogP contribution in [0.5, 0.6) is 0 Å². The van der Waals surface area contributed by atoms with Gasteiger partial charge >= 0.3 is 6.18 Å². The predicted molar refractivity (Wildman–Crippen MR) is 93.2 cm³/mol. The second-order valence-corrected chi connectivity index (χ2v) is 5.67. The SMILES string of the molecule is CCn1cc(-c2ccnc(N/N=C\c3ccn(CC(F)(F)F)n3)n2)c(C)n1. The minimum Gasteiger partial charge on any atom is -0.272 e. The molecule has 0 aliphatic carbocycles. The minimum atomic E-state index is -4.32. The first-order valence-corrected chi connectivity index (χ1v) is 8.11. The number of aryl methyl sites for hydroxylation is 2. The molecule has 0 radical (unpaired) electrons. The lowest BCUT2D eigenvalue weighted by atomic mass is 10.2. The normalized spacial score (nSPS) is 12.0. The Kier molecular flexibility index (Phi) is 5.19. The van der Waals surface area contributed by atoms with Crippen LogP contribution in [0.2, 0.25) is 0 Å². The highest BCUT2D eigenvalue weighted by Gasteiger charge is 2.28. The van der Waals surface area contributed by atoms with Crippen molar-refractivity contribution in [3.8, 4) is 11.3 Å². The van der Waals surface area contributed by atoms with Gasteiger partial charge in [0.2, 0.25) is 5.95 Å². The van der Waals surface area contributed by atoms with Gasteiger partial charge in [-0.2, -0.15) is 28.5 Å². The molecule has 0 aromatic carbocycles. The molecular weight excluding hydrogens is 361 g/mol. The van der Waals surface area contributed by atoms with Crippen LogP contribution < -0.4 is 5.43 Å². The van der Waals surface area contributed by atoms with Crippen molar-refractivity contribution < 1.29 is 13.2 Å². The van der Waals surface area contributed by atoms with Gasteiger partial charge in [0.1, 0.15) is 12.2 Å². The quantitative estimate of drug-likeness (QED) is 0.527. The molecule has 0 spiro atoms. The number of alkyl halides is 3. The summed E-state index contributed by atoms with van der Waals surface area (Å²) in [5.74, 6) is 0.252. The van der Waals surface area contributed by atoms with E-state index in [1.165, 1.54) is 18.5 Å². The van der Waals surface area contributed by atoms with Gasteiger partial charge in [0, 0.05) is 30.7 Å². The van der Waals surface area contributed by atoms with E-state index >= 15 is 0 Å². The molecule has 0 fully saturated rings. The van der Waals surface area contributed by atoms with E-state index in [0.29, 0.717) is 5.69 Å². The number of anilines is 1. The maximum Gasteiger partial charge on any atom is 0.408 e. The van der Waals surface area contributed by atoms with Crippen LogP contribution in [0.15, 0.2) is 35.8 Å². The van der Waals surface area contributed by atoms with Crippen molar-refractivity contribution in [1.29, 1.82) is 0 Å². The van der Waals surface area contributed by atoms with Crippen molar-refractivity contribution in [2.45, 2.75) is 33.1 Å². The predicted octanol–water partition coefficient (Wildman–Crippen LogP) is 2.87. The summed E-state index contributed by atoms with van der Waals surface area (Å²) in [5, 5.41) is 12.1. The van der Waals surface area contributed by atoms with Crippen molar-refractivity contribution >= 4 is 12.2 Å². The van der Waals surface area contributed by atoms with Crippen molar-refractivity contribution in [2.24, 2.45) is 5.10 Å². The second kappa shape index (κ2) is 7.56. The Balaban J connectivity index is 1.68.